The zero-order valence-corrected chi connectivity index (χ0v) is 18.0. The third kappa shape index (κ3) is 4.32. The van der Waals surface area contributed by atoms with Gasteiger partial charge in [0, 0.05) is 39.2 Å². The normalized spacial score (nSPS) is 33.3. The fourth-order valence-electron chi connectivity index (χ4n) is 5.75. The molecule has 3 atom stereocenters. The topological polar surface area (TPSA) is 96.0 Å². The summed E-state index contributed by atoms with van der Waals surface area (Å²) in [4.78, 5) is 29.5. The minimum atomic E-state index is -3.26. The second kappa shape index (κ2) is 8.51. The van der Waals surface area contributed by atoms with Crippen LogP contribution in [0.2, 0.25) is 0 Å². The van der Waals surface area contributed by atoms with E-state index < -0.39 is 15.3 Å². The molecule has 0 radical (unpaired) electrons. The SMILES string of the molecule is CNS(=O)(=O)C1CCN(C(=O)CC2C3CCC2CN(C(=O)C2CCOC2)C3)CC1. The number of piperidine rings is 2. The fraction of sp³-hybridized carbons (Fsp3) is 0.900. The van der Waals surface area contributed by atoms with Crippen molar-refractivity contribution in [2.75, 3.05) is 46.4 Å². The van der Waals surface area contributed by atoms with Crippen LogP contribution in [0.25, 0.3) is 0 Å². The molecule has 3 aliphatic heterocycles. The van der Waals surface area contributed by atoms with Crippen LogP contribution in [0.5, 0.6) is 0 Å². The third-order valence-corrected chi connectivity index (χ3v) is 9.47. The van der Waals surface area contributed by atoms with Gasteiger partial charge in [-0.25, -0.2) is 13.1 Å². The van der Waals surface area contributed by atoms with Gasteiger partial charge in [0.15, 0.2) is 0 Å². The maximum absolute atomic E-state index is 12.9. The van der Waals surface area contributed by atoms with Crippen LogP contribution in [-0.4, -0.2) is 81.7 Å². The van der Waals surface area contributed by atoms with Gasteiger partial charge in [-0.3, -0.25) is 9.59 Å². The molecule has 2 bridgehead atoms. The van der Waals surface area contributed by atoms with Gasteiger partial charge in [0.05, 0.1) is 17.8 Å². The predicted octanol–water partition coefficient (Wildman–Crippen LogP) is 0.438. The first-order valence-electron chi connectivity index (χ1n) is 11.0. The number of hydrogen-bond acceptors (Lipinski definition) is 5. The Kier molecular flexibility index (Phi) is 6.18. The number of ether oxygens (including phenoxy) is 1. The average molecular weight is 428 g/mol. The molecule has 4 rings (SSSR count). The highest BCUT2D eigenvalue weighted by atomic mass is 32.2. The molecule has 29 heavy (non-hydrogen) atoms. The Morgan fingerprint density at radius 3 is 2.21 bits per heavy atom. The van der Waals surface area contributed by atoms with Crippen molar-refractivity contribution in [2.24, 2.45) is 23.7 Å². The van der Waals surface area contributed by atoms with Gasteiger partial charge in [-0.15, -0.1) is 0 Å². The number of carbonyl (C=O) groups is 2. The molecule has 3 heterocycles. The molecule has 0 spiro atoms. The summed E-state index contributed by atoms with van der Waals surface area (Å²) in [5, 5.41) is -0.401. The van der Waals surface area contributed by atoms with E-state index in [-0.39, 0.29) is 17.7 Å². The van der Waals surface area contributed by atoms with Gasteiger partial charge in [-0.1, -0.05) is 0 Å². The van der Waals surface area contributed by atoms with Gasteiger partial charge in [0.1, 0.15) is 0 Å². The van der Waals surface area contributed by atoms with Crippen LogP contribution >= 0.6 is 0 Å². The van der Waals surface area contributed by atoms with Crippen LogP contribution in [0, 0.1) is 23.7 Å². The van der Waals surface area contributed by atoms with Crippen molar-refractivity contribution in [3.63, 3.8) is 0 Å². The standard InChI is InChI=1S/C20H33N3O5S/c1-21-29(26,27)17-4-7-22(8-5-17)19(24)10-18-14-2-3-15(18)12-23(11-14)20(25)16-6-9-28-13-16/h14-18,21H,2-13H2,1H3. The summed E-state index contributed by atoms with van der Waals surface area (Å²) in [7, 11) is -1.82. The first kappa shape index (κ1) is 21.1. The van der Waals surface area contributed by atoms with Crippen LogP contribution < -0.4 is 4.72 Å². The molecular weight excluding hydrogens is 394 g/mol. The summed E-state index contributed by atoms with van der Waals surface area (Å²) >= 11 is 0. The molecule has 0 aromatic heterocycles. The van der Waals surface area contributed by atoms with Crippen molar-refractivity contribution in [1.29, 1.82) is 0 Å². The van der Waals surface area contributed by atoms with Crippen LogP contribution in [0.1, 0.15) is 38.5 Å². The molecule has 4 fully saturated rings. The van der Waals surface area contributed by atoms with Gasteiger partial charge in [0.2, 0.25) is 21.8 Å². The summed E-state index contributed by atoms with van der Waals surface area (Å²) in [6, 6.07) is 0. The van der Waals surface area contributed by atoms with Gasteiger partial charge in [-0.2, -0.15) is 0 Å². The molecule has 2 amide bonds. The molecule has 164 valence electrons. The number of rotatable bonds is 5. The van der Waals surface area contributed by atoms with Crippen molar-refractivity contribution < 1.29 is 22.7 Å². The van der Waals surface area contributed by atoms with Crippen LogP contribution in [0.15, 0.2) is 0 Å². The van der Waals surface area contributed by atoms with Crippen molar-refractivity contribution in [1.82, 2.24) is 14.5 Å². The molecular formula is C20H33N3O5S. The lowest BCUT2D eigenvalue weighted by atomic mass is 9.81. The minimum Gasteiger partial charge on any atom is -0.381 e. The predicted molar refractivity (Wildman–Crippen MR) is 107 cm³/mol. The molecule has 1 N–H and O–H groups in total. The highest BCUT2D eigenvalue weighted by molar-refractivity contribution is 7.90. The van der Waals surface area contributed by atoms with Crippen LogP contribution in [-0.2, 0) is 24.3 Å². The number of hydrogen-bond donors (Lipinski definition) is 1. The molecule has 8 nitrogen and oxygen atoms in total. The van der Waals surface area contributed by atoms with E-state index in [0.29, 0.717) is 63.3 Å². The van der Waals surface area contributed by atoms with Crippen molar-refractivity contribution >= 4 is 21.8 Å². The highest BCUT2D eigenvalue weighted by Crippen LogP contribution is 2.44. The number of sulfonamides is 1. The van der Waals surface area contributed by atoms with E-state index in [2.05, 4.69) is 4.72 Å². The number of amides is 2. The first-order chi connectivity index (χ1) is 13.9. The maximum atomic E-state index is 12.9. The number of fused-ring (bicyclic) bond motifs is 2. The molecule has 3 unspecified atom stereocenters. The van der Waals surface area contributed by atoms with Gasteiger partial charge >= 0.3 is 0 Å². The van der Waals surface area contributed by atoms with E-state index in [1.54, 1.807) is 0 Å². The zero-order valence-electron chi connectivity index (χ0n) is 17.2. The summed E-state index contributed by atoms with van der Waals surface area (Å²) in [5.41, 5.74) is 0. The Balaban J connectivity index is 1.29. The third-order valence-electron chi connectivity index (χ3n) is 7.55. The Labute approximate surface area is 173 Å². The second-order valence-electron chi connectivity index (χ2n) is 9.10. The second-order valence-corrected chi connectivity index (χ2v) is 11.3. The summed E-state index contributed by atoms with van der Waals surface area (Å²) in [6.45, 7) is 3.79. The van der Waals surface area contributed by atoms with Crippen molar-refractivity contribution in [2.45, 2.75) is 43.8 Å². The average Bonchev–Trinajstić information content (AvgIpc) is 3.33. The Hall–Kier alpha value is -1.19. The lowest BCUT2D eigenvalue weighted by molar-refractivity contribution is -0.139. The van der Waals surface area contributed by atoms with E-state index in [9.17, 15) is 18.0 Å². The molecule has 4 aliphatic rings. The number of likely N-dealkylation sites (tertiary alicyclic amines) is 2. The fourth-order valence-corrected chi connectivity index (χ4v) is 6.91. The number of carbonyl (C=O) groups excluding carboxylic acids is 2. The van der Waals surface area contributed by atoms with Gasteiger partial charge in [-0.05, 0) is 56.9 Å². The lowest BCUT2D eigenvalue weighted by Crippen LogP contribution is -2.49. The van der Waals surface area contributed by atoms with E-state index in [1.807, 2.05) is 9.80 Å². The van der Waals surface area contributed by atoms with Crippen LogP contribution in [0.3, 0.4) is 0 Å². The minimum absolute atomic E-state index is 0.0165. The molecule has 1 saturated carbocycles. The Morgan fingerprint density at radius 2 is 1.66 bits per heavy atom. The van der Waals surface area contributed by atoms with Gasteiger partial charge < -0.3 is 14.5 Å². The zero-order chi connectivity index (χ0) is 20.6. The van der Waals surface area contributed by atoms with Crippen molar-refractivity contribution in [3.8, 4) is 0 Å². The molecule has 3 saturated heterocycles. The van der Waals surface area contributed by atoms with Crippen molar-refractivity contribution in [3.05, 3.63) is 0 Å². The van der Waals surface area contributed by atoms with E-state index in [1.165, 1.54) is 7.05 Å². The quantitative estimate of drug-likeness (QED) is 0.687. The highest BCUT2D eigenvalue weighted by Gasteiger charge is 2.45. The Morgan fingerprint density at radius 1 is 1.00 bits per heavy atom. The summed E-state index contributed by atoms with van der Waals surface area (Å²) in [6.07, 6.45) is 4.54. The molecule has 0 aromatic rings. The molecule has 0 aromatic carbocycles. The first-order valence-corrected chi connectivity index (χ1v) is 12.5. The largest absolute Gasteiger partial charge is 0.381 e. The number of nitrogens with one attached hydrogen (secondary N) is 1. The Bertz CT molecular complexity index is 714. The molecule has 1 aliphatic carbocycles. The molecule has 9 heteroatoms. The maximum Gasteiger partial charge on any atom is 0.228 e. The smallest absolute Gasteiger partial charge is 0.228 e. The van der Waals surface area contributed by atoms with E-state index in [4.69, 9.17) is 4.74 Å². The van der Waals surface area contributed by atoms with E-state index >= 15 is 0 Å². The monoisotopic (exact) mass is 427 g/mol. The lowest BCUT2D eigenvalue weighted by Gasteiger charge is -2.40. The summed E-state index contributed by atoms with van der Waals surface area (Å²) in [5.74, 6) is 1.57. The van der Waals surface area contributed by atoms with Crippen LogP contribution in [0.4, 0.5) is 0 Å². The van der Waals surface area contributed by atoms with Gasteiger partial charge in [0.25, 0.3) is 0 Å². The summed E-state index contributed by atoms with van der Waals surface area (Å²) < 4.78 is 31.7. The van der Waals surface area contributed by atoms with E-state index in [0.717, 1.165) is 32.4 Å². The number of nitrogens with zero attached hydrogens (tertiary/aromatic N) is 2.